The van der Waals surface area contributed by atoms with E-state index in [1.54, 1.807) is 12.1 Å². The van der Waals surface area contributed by atoms with Crippen molar-refractivity contribution >= 4 is 17.4 Å². The first kappa shape index (κ1) is 23.4. The summed E-state index contributed by atoms with van der Waals surface area (Å²) in [5.41, 5.74) is 4.87. The summed E-state index contributed by atoms with van der Waals surface area (Å²) in [5.74, 6) is 0.741. The highest BCUT2D eigenvalue weighted by Gasteiger charge is 2.19. The monoisotopic (exact) mass is 462 g/mol. The Morgan fingerprint density at radius 3 is 2.38 bits per heavy atom. The Kier molecular flexibility index (Phi) is 6.91. The van der Waals surface area contributed by atoms with Crippen LogP contribution >= 0.6 is 0 Å². The molecule has 0 saturated carbocycles. The maximum Gasteiger partial charge on any atom is 0.338 e. The lowest BCUT2D eigenvalue weighted by Gasteiger charge is -2.20. The minimum absolute atomic E-state index is 0.224. The highest BCUT2D eigenvalue weighted by atomic mass is 16.7. The number of carbonyl (C=O) groups excluding carboxylic acids is 2. The molecule has 0 amide bonds. The number of ketones is 1. The smallest absolute Gasteiger partial charge is 0.338 e. The van der Waals surface area contributed by atoms with Crippen molar-refractivity contribution < 1.29 is 23.8 Å². The van der Waals surface area contributed by atoms with Crippen LogP contribution in [0.3, 0.4) is 0 Å². The summed E-state index contributed by atoms with van der Waals surface area (Å²) in [7, 11) is 0. The molecule has 1 aliphatic rings. The predicted octanol–water partition coefficient (Wildman–Crippen LogP) is 4.77. The molecule has 2 heterocycles. The van der Waals surface area contributed by atoms with Crippen LogP contribution in [0.4, 0.5) is 5.69 Å². The molecular formula is C27H30N2O5. The molecule has 0 bridgehead atoms. The number of rotatable bonds is 9. The lowest BCUT2D eigenvalue weighted by atomic mass is 10.1. The summed E-state index contributed by atoms with van der Waals surface area (Å²) in [6, 6.07) is 14.9. The number of hydrogen-bond donors (Lipinski definition) is 0. The van der Waals surface area contributed by atoms with E-state index < -0.39 is 5.97 Å². The third-order valence-corrected chi connectivity index (χ3v) is 6.22. The number of aryl methyl sites for hydroxylation is 1. The molecule has 178 valence electrons. The van der Waals surface area contributed by atoms with Crippen molar-refractivity contribution in [3.63, 3.8) is 0 Å². The molecule has 34 heavy (non-hydrogen) atoms. The van der Waals surface area contributed by atoms with Crippen LogP contribution in [0.1, 0.15) is 51.5 Å². The van der Waals surface area contributed by atoms with Gasteiger partial charge < -0.3 is 23.7 Å². The van der Waals surface area contributed by atoms with Gasteiger partial charge in [0.25, 0.3) is 0 Å². The third kappa shape index (κ3) is 4.78. The molecule has 1 aliphatic heterocycles. The van der Waals surface area contributed by atoms with Gasteiger partial charge in [-0.1, -0.05) is 6.07 Å². The van der Waals surface area contributed by atoms with Gasteiger partial charge in [0.2, 0.25) is 12.6 Å². The van der Waals surface area contributed by atoms with Crippen LogP contribution in [-0.4, -0.2) is 42.8 Å². The number of anilines is 1. The molecule has 0 spiro atoms. The van der Waals surface area contributed by atoms with E-state index in [-0.39, 0.29) is 19.2 Å². The zero-order valence-electron chi connectivity index (χ0n) is 20.1. The van der Waals surface area contributed by atoms with E-state index in [4.69, 9.17) is 14.2 Å². The summed E-state index contributed by atoms with van der Waals surface area (Å²) in [6.45, 7) is 10.3. The Labute approximate surface area is 199 Å². The van der Waals surface area contributed by atoms with Crippen molar-refractivity contribution in [1.29, 1.82) is 0 Å². The summed E-state index contributed by atoms with van der Waals surface area (Å²) in [4.78, 5) is 27.5. The van der Waals surface area contributed by atoms with Crippen LogP contribution in [0.15, 0.2) is 48.5 Å². The Hall–Kier alpha value is -3.74. The third-order valence-electron chi connectivity index (χ3n) is 6.22. The van der Waals surface area contributed by atoms with E-state index in [2.05, 4.69) is 23.3 Å². The molecular weight excluding hydrogens is 432 g/mol. The molecule has 0 radical (unpaired) electrons. The van der Waals surface area contributed by atoms with Gasteiger partial charge in [0.15, 0.2) is 18.1 Å². The summed E-state index contributed by atoms with van der Waals surface area (Å²) < 4.78 is 18.2. The van der Waals surface area contributed by atoms with Crippen LogP contribution < -0.4 is 14.4 Å². The number of hydrogen-bond acceptors (Lipinski definition) is 6. The average molecular weight is 463 g/mol. The average Bonchev–Trinajstić information content (AvgIpc) is 3.43. The highest BCUT2D eigenvalue weighted by Crippen LogP contribution is 2.33. The van der Waals surface area contributed by atoms with Crippen molar-refractivity contribution in [2.45, 2.75) is 34.2 Å². The zero-order chi connectivity index (χ0) is 24.2. The molecule has 3 aromatic rings. The first-order valence-corrected chi connectivity index (χ1v) is 11.5. The van der Waals surface area contributed by atoms with E-state index in [1.807, 2.05) is 50.2 Å². The van der Waals surface area contributed by atoms with E-state index in [9.17, 15) is 9.59 Å². The lowest BCUT2D eigenvalue weighted by Crippen LogP contribution is -2.21. The SMILES string of the molecule is CCN(CC)c1ccc(C(=O)OCC(=O)c2cc(C)n(Cc3ccc4c(c3)OCO4)c2C)cc1. The van der Waals surface area contributed by atoms with Gasteiger partial charge in [-0.2, -0.15) is 0 Å². The number of aromatic nitrogens is 1. The molecule has 0 saturated heterocycles. The second-order valence-corrected chi connectivity index (χ2v) is 8.28. The number of fused-ring (bicyclic) bond motifs is 1. The zero-order valence-corrected chi connectivity index (χ0v) is 20.1. The number of ether oxygens (including phenoxy) is 3. The molecule has 2 aromatic carbocycles. The van der Waals surface area contributed by atoms with Crippen molar-refractivity contribution in [2.24, 2.45) is 0 Å². The van der Waals surface area contributed by atoms with Gasteiger partial charge in [0.1, 0.15) is 0 Å². The molecule has 4 rings (SSSR count). The van der Waals surface area contributed by atoms with Gasteiger partial charge in [-0.25, -0.2) is 4.79 Å². The molecule has 7 heteroatoms. The number of nitrogens with zero attached hydrogens (tertiary/aromatic N) is 2. The van der Waals surface area contributed by atoms with E-state index in [0.717, 1.165) is 47.2 Å². The molecule has 1 aromatic heterocycles. The molecule has 0 unspecified atom stereocenters. The second kappa shape index (κ2) is 10.0. The molecule has 0 atom stereocenters. The molecule has 0 N–H and O–H groups in total. The normalized spacial score (nSPS) is 12.0. The van der Waals surface area contributed by atoms with Crippen molar-refractivity contribution in [2.75, 3.05) is 31.4 Å². The van der Waals surface area contributed by atoms with Gasteiger partial charge in [0, 0.05) is 42.3 Å². The predicted molar refractivity (Wildman–Crippen MR) is 130 cm³/mol. The number of carbonyl (C=O) groups is 2. The number of benzene rings is 2. The Balaban J connectivity index is 1.40. The standard InChI is InChI=1S/C27H30N2O5/c1-5-28(6-2)22-10-8-21(9-11-22)27(31)32-16-24(30)23-13-18(3)29(19(23)4)15-20-7-12-25-26(14-20)34-17-33-25/h7-14H,5-6,15-17H2,1-4H3. The van der Waals surface area contributed by atoms with Crippen LogP contribution in [0.25, 0.3) is 0 Å². The lowest BCUT2D eigenvalue weighted by molar-refractivity contribution is 0.0474. The number of Topliss-reactive ketones (excluding diaryl/α,β-unsaturated/α-hetero) is 1. The fourth-order valence-corrected chi connectivity index (χ4v) is 4.24. The first-order chi connectivity index (χ1) is 16.4. The summed E-state index contributed by atoms with van der Waals surface area (Å²) in [5, 5.41) is 0. The van der Waals surface area contributed by atoms with Gasteiger partial charge in [-0.15, -0.1) is 0 Å². The number of esters is 1. The minimum Gasteiger partial charge on any atom is -0.454 e. The fourth-order valence-electron chi connectivity index (χ4n) is 4.24. The molecule has 7 nitrogen and oxygen atoms in total. The van der Waals surface area contributed by atoms with E-state index in [0.29, 0.717) is 17.7 Å². The van der Waals surface area contributed by atoms with Gasteiger partial charge in [-0.3, -0.25) is 4.79 Å². The molecule has 0 fully saturated rings. The van der Waals surface area contributed by atoms with E-state index in [1.165, 1.54) is 0 Å². The van der Waals surface area contributed by atoms with Gasteiger partial charge >= 0.3 is 5.97 Å². The van der Waals surface area contributed by atoms with Crippen molar-refractivity contribution in [3.8, 4) is 11.5 Å². The minimum atomic E-state index is -0.506. The first-order valence-electron chi connectivity index (χ1n) is 11.5. The topological polar surface area (TPSA) is 70.0 Å². The van der Waals surface area contributed by atoms with Crippen molar-refractivity contribution in [3.05, 3.63) is 76.6 Å². The van der Waals surface area contributed by atoms with Crippen LogP contribution in [0.5, 0.6) is 11.5 Å². The maximum atomic E-state index is 12.9. The van der Waals surface area contributed by atoms with Gasteiger partial charge in [-0.05, 0) is 75.7 Å². The quantitative estimate of drug-likeness (QED) is 0.337. The van der Waals surface area contributed by atoms with Crippen LogP contribution in [0, 0.1) is 13.8 Å². The Bertz CT molecular complexity index is 1190. The Morgan fingerprint density at radius 2 is 1.68 bits per heavy atom. The maximum absolute atomic E-state index is 12.9. The second-order valence-electron chi connectivity index (χ2n) is 8.28. The van der Waals surface area contributed by atoms with Crippen molar-refractivity contribution in [1.82, 2.24) is 4.57 Å². The largest absolute Gasteiger partial charge is 0.454 e. The van der Waals surface area contributed by atoms with Crippen LogP contribution in [-0.2, 0) is 11.3 Å². The summed E-state index contributed by atoms with van der Waals surface area (Å²) in [6.07, 6.45) is 0. The summed E-state index contributed by atoms with van der Waals surface area (Å²) >= 11 is 0. The highest BCUT2D eigenvalue weighted by molar-refractivity contribution is 6.00. The van der Waals surface area contributed by atoms with Crippen LogP contribution in [0.2, 0.25) is 0 Å². The van der Waals surface area contributed by atoms with Gasteiger partial charge in [0.05, 0.1) is 5.56 Å². The Morgan fingerprint density at radius 1 is 0.971 bits per heavy atom. The van der Waals surface area contributed by atoms with E-state index >= 15 is 0 Å². The fraction of sp³-hybridized carbons (Fsp3) is 0.333. The molecule has 0 aliphatic carbocycles.